The van der Waals surface area contributed by atoms with Gasteiger partial charge in [-0.3, -0.25) is 0 Å². The fourth-order valence-corrected chi connectivity index (χ4v) is 2.26. The van der Waals surface area contributed by atoms with Gasteiger partial charge in [0.15, 0.2) is 0 Å². The number of allylic oxidation sites excluding steroid dienone is 4. The monoisotopic (exact) mass is 178 g/mol. The SMILES string of the molecule is CC.CC1=C2CCCCC2=CCC1. The van der Waals surface area contributed by atoms with Crippen LogP contribution in [-0.4, -0.2) is 0 Å². The third kappa shape index (κ3) is 2.46. The molecule has 1 fully saturated rings. The van der Waals surface area contributed by atoms with E-state index in [0.717, 1.165) is 0 Å². The molecule has 0 amide bonds. The van der Waals surface area contributed by atoms with E-state index in [4.69, 9.17) is 0 Å². The summed E-state index contributed by atoms with van der Waals surface area (Å²) in [7, 11) is 0. The Kier molecular flexibility index (Phi) is 4.27. The number of hydrogen-bond donors (Lipinski definition) is 0. The minimum absolute atomic E-state index is 1.30. The third-order valence-electron chi connectivity index (χ3n) is 2.94. The van der Waals surface area contributed by atoms with E-state index >= 15 is 0 Å². The highest BCUT2D eigenvalue weighted by molar-refractivity contribution is 5.39. The third-order valence-corrected chi connectivity index (χ3v) is 2.94. The van der Waals surface area contributed by atoms with Crippen LogP contribution < -0.4 is 0 Å². The summed E-state index contributed by atoms with van der Waals surface area (Å²) in [6.45, 7) is 6.31. The van der Waals surface area contributed by atoms with Crippen molar-refractivity contribution in [2.75, 3.05) is 0 Å². The van der Waals surface area contributed by atoms with E-state index in [-0.39, 0.29) is 0 Å². The highest BCUT2D eigenvalue weighted by atomic mass is 14.2. The Hall–Kier alpha value is -0.520. The lowest BCUT2D eigenvalue weighted by Crippen LogP contribution is -2.04. The van der Waals surface area contributed by atoms with Crippen LogP contribution >= 0.6 is 0 Å². The van der Waals surface area contributed by atoms with Gasteiger partial charge in [0.25, 0.3) is 0 Å². The van der Waals surface area contributed by atoms with Crippen LogP contribution in [0.25, 0.3) is 0 Å². The maximum Gasteiger partial charge on any atom is -0.0277 e. The first-order chi connectivity index (χ1) is 6.38. The molecule has 2 rings (SSSR count). The smallest absolute Gasteiger partial charge is 0.0277 e. The van der Waals surface area contributed by atoms with Crippen LogP contribution in [0.1, 0.15) is 59.3 Å². The standard InChI is InChI=1S/C11H16.C2H6/c1-9-5-4-7-10-6-2-3-8-11(9)10;1-2/h7H,2-6,8H2,1H3;1-2H3. The number of hydrogen-bond acceptors (Lipinski definition) is 0. The van der Waals surface area contributed by atoms with Crippen molar-refractivity contribution >= 4 is 0 Å². The molecule has 0 atom stereocenters. The van der Waals surface area contributed by atoms with Gasteiger partial charge >= 0.3 is 0 Å². The predicted octanol–water partition coefficient (Wildman–Crippen LogP) is 4.62. The minimum atomic E-state index is 1.30. The van der Waals surface area contributed by atoms with Crippen molar-refractivity contribution in [2.24, 2.45) is 0 Å². The van der Waals surface area contributed by atoms with Gasteiger partial charge in [-0.15, -0.1) is 0 Å². The molecular weight excluding hydrogens is 156 g/mol. The predicted molar refractivity (Wildman–Crippen MR) is 59.8 cm³/mol. The largest absolute Gasteiger partial charge is 0.0807 e. The minimum Gasteiger partial charge on any atom is -0.0807 e. The molecule has 0 bridgehead atoms. The zero-order valence-electron chi connectivity index (χ0n) is 9.32. The zero-order valence-corrected chi connectivity index (χ0v) is 9.32. The van der Waals surface area contributed by atoms with Gasteiger partial charge in [0.05, 0.1) is 0 Å². The molecule has 2 aliphatic carbocycles. The Morgan fingerprint density at radius 2 is 1.69 bits per heavy atom. The molecule has 74 valence electrons. The van der Waals surface area contributed by atoms with E-state index in [9.17, 15) is 0 Å². The molecule has 0 nitrogen and oxygen atoms in total. The van der Waals surface area contributed by atoms with Crippen LogP contribution in [-0.2, 0) is 0 Å². The lowest BCUT2D eigenvalue weighted by molar-refractivity contribution is 0.656. The molecule has 0 aromatic rings. The van der Waals surface area contributed by atoms with Gasteiger partial charge < -0.3 is 0 Å². The van der Waals surface area contributed by atoms with Crippen LogP contribution in [0.2, 0.25) is 0 Å². The van der Waals surface area contributed by atoms with E-state index < -0.39 is 0 Å². The Bertz CT molecular complexity index is 218. The molecule has 0 saturated heterocycles. The maximum atomic E-state index is 2.46. The summed E-state index contributed by atoms with van der Waals surface area (Å²) < 4.78 is 0. The maximum absolute atomic E-state index is 2.46. The lowest BCUT2D eigenvalue weighted by Gasteiger charge is -2.24. The summed E-state index contributed by atoms with van der Waals surface area (Å²) in [6, 6.07) is 0. The molecule has 2 aliphatic rings. The van der Waals surface area contributed by atoms with E-state index in [0.29, 0.717) is 0 Å². The fourth-order valence-electron chi connectivity index (χ4n) is 2.26. The van der Waals surface area contributed by atoms with Crippen molar-refractivity contribution in [1.82, 2.24) is 0 Å². The van der Waals surface area contributed by atoms with E-state index in [1.165, 1.54) is 38.5 Å². The van der Waals surface area contributed by atoms with Gasteiger partial charge in [0.2, 0.25) is 0 Å². The molecule has 13 heavy (non-hydrogen) atoms. The van der Waals surface area contributed by atoms with Gasteiger partial charge in [0, 0.05) is 0 Å². The summed E-state index contributed by atoms with van der Waals surface area (Å²) in [5.41, 5.74) is 5.06. The quantitative estimate of drug-likeness (QED) is 0.507. The van der Waals surface area contributed by atoms with E-state index in [1.807, 2.05) is 13.8 Å². The van der Waals surface area contributed by atoms with Crippen molar-refractivity contribution in [3.63, 3.8) is 0 Å². The molecule has 0 aromatic heterocycles. The normalized spacial score (nSPS) is 21.3. The molecular formula is C13H22. The zero-order chi connectivity index (χ0) is 9.68. The van der Waals surface area contributed by atoms with Crippen molar-refractivity contribution in [3.05, 3.63) is 22.8 Å². The van der Waals surface area contributed by atoms with Gasteiger partial charge in [0.1, 0.15) is 0 Å². The second-order valence-corrected chi connectivity index (χ2v) is 3.73. The summed E-state index contributed by atoms with van der Waals surface area (Å²) in [5.74, 6) is 0. The topological polar surface area (TPSA) is 0 Å². The van der Waals surface area contributed by atoms with E-state index in [2.05, 4.69) is 13.0 Å². The number of fused-ring (bicyclic) bond motifs is 1. The average Bonchev–Trinajstić information content (AvgIpc) is 2.22. The molecule has 0 radical (unpaired) electrons. The van der Waals surface area contributed by atoms with E-state index in [1.54, 1.807) is 16.7 Å². The van der Waals surface area contributed by atoms with Crippen molar-refractivity contribution in [1.29, 1.82) is 0 Å². The molecule has 0 heterocycles. The first-order valence-electron chi connectivity index (χ1n) is 5.76. The van der Waals surface area contributed by atoms with Crippen LogP contribution in [0.4, 0.5) is 0 Å². The van der Waals surface area contributed by atoms with Crippen molar-refractivity contribution in [3.8, 4) is 0 Å². The molecule has 0 heteroatoms. The second-order valence-electron chi connectivity index (χ2n) is 3.73. The van der Waals surface area contributed by atoms with Crippen molar-refractivity contribution < 1.29 is 0 Å². The summed E-state index contributed by atoms with van der Waals surface area (Å²) in [4.78, 5) is 0. The average molecular weight is 178 g/mol. The molecule has 0 spiro atoms. The van der Waals surface area contributed by atoms with Gasteiger partial charge in [-0.05, 0) is 56.6 Å². The number of rotatable bonds is 0. The lowest BCUT2D eigenvalue weighted by atomic mass is 9.82. The summed E-state index contributed by atoms with van der Waals surface area (Å²) >= 11 is 0. The molecule has 1 saturated carbocycles. The Labute approximate surface area is 82.7 Å². The first-order valence-corrected chi connectivity index (χ1v) is 5.76. The summed E-state index contributed by atoms with van der Waals surface area (Å²) in [6.07, 6.45) is 10.6. The van der Waals surface area contributed by atoms with Crippen LogP contribution in [0, 0.1) is 0 Å². The summed E-state index contributed by atoms with van der Waals surface area (Å²) in [5, 5.41) is 0. The fraction of sp³-hybridized carbons (Fsp3) is 0.692. The molecule has 0 aromatic carbocycles. The van der Waals surface area contributed by atoms with Crippen molar-refractivity contribution in [2.45, 2.75) is 59.3 Å². The Morgan fingerprint density at radius 1 is 1.00 bits per heavy atom. The van der Waals surface area contributed by atoms with Crippen LogP contribution in [0.15, 0.2) is 22.8 Å². The highest BCUT2D eigenvalue weighted by Crippen LogP contribution is 2.35. The molecule has 0 unspecified atom stereocenters. The van der Waals surface area contributed by atoms with Crippen LogP contribution in [0.5, 0.6) is 0 Å². The Morgan fingerprint density at radius 3 is 2.38 bits per heavy atom. The molecule has 0 aliphatic heterocycles. The molecule has 0 N–H and O–H groups in total. The Balaban J connectivity index is 0.000000396. The van der Waals surface area contributed by atoms with Gasteiger partial charge in [-0.1, -0.05) is 25.5 Å². The first kappa shape index (κ1) is 10.6. The van der Waals surface area contributed by atoms with Gasteiger partial charge in [-0.2, -0.15) is 0 Å². The highest BCUT2D eigenvalue weighted by Gasteiger charge is 2.16. The van der Waals surface area contributed by atoms with Gasteiger partial charge in [-0.25, -0.2) is 0 Å². The van der Waals surface area contributed by atoms with Crippen LogP contribution in [0.3, 0.4) is 0 Å². The second kappa shape index (κ2) is 5.26.